The SMILES string of the molecule is O=C(c1ncc(N2CC[C@@H](O)C2)cn1)N1CCc2[nH]c3c(Cl)c(Cl)ccc3c2C1. The summed E-state index contributed by atoms with van der Waals surface area (Å²) in [5.74, 6) is -0.0177. The van der Waals surface area contributed by atoms with Crippen molar-refractivity contribution in [2.24, 2.45) is 0 Å². The second-order valence-electron chi connectivity index (χ2n) is 7.50. The molecular formula is C20H19Cl2N5O2. The lowest BCUT2D eigenvalue weighted by Crippen LogP contribution is -2.36. The van der Waals surface area contributed by atoms with E-state index in [2.05, 4.69) is 15.0 Å². The minimum atomic E-state index is -0.321. The van der Waals surface area contributed by atoms with Gasteiger partial charge in [-0.1, -0.05) is 29.3 Å². The number of H-pyrrole nitrogens is 1. The summed E-state index contributed by atoms with van der Waals surface area (Å²) < 4.78 is 0. The van der Waals surface area contributed by atoms with Gasteiger partial charge in [-0.05, 0) is 12.5 Å². The Labute approximate surface area is 177 Å². The van der Waals surface area contributed by atoms with E-state index in [0.717, 1.165) is 40.8 Å². The average molecular weight is 432 g/mol. The first-order valence-electron chi connectivity index (χ1n) is 9.53. The van der Waals surface area contributed by atoms with Gasteiger partial charge in [-0.15, -0.1) is 0 Å². The van der Waals surface area contributed by atoms with Crippen LogP contribution in [0.15, 0.2) is 24.5 Å². The van der Waals surface area contributed by atoms with Gasteiger partial charge >= 0.3 is 0 Å². The Balaban J connectivity index is 1.37. The van der Waals surface area contributed by atoms with E-state index in [0.29, 0.717) is 36.1 Å². The van der Waals surface area contributed by atoms with Crippen molar-refractivity contribution in [2.75, 3.05) is 24.5 Å². The Bertz CT molecular complexity index is 1100. The maximum atomic E-state index is 13.0. The van der Waals surface area contributed by atoms with Crippen LogP contribution < -0.4 is 4.90 Å². The van der Waals surface area contributed by atoms with Crippen LogP contribution in [0.1, 0.15) is 28.3 Å². The minimum Gasteiger partial charge on any atom is -0.391 e. The summed E-state index contributed by atoms with van der Waals surface area (Å²) in [7, 11) is 0. The molecule has 1 saturated heterocycles. The smallest absolute Gasteiger partial charge is 0.291 e. The highest BCUT2D eigenvalue weighted by Crippen LogP contribution is 2.35. The van der Waals surface area contributed by atoms with E-state index >= 15 is 0 Å². The quantitative estimate of drug-likeness (QED) is 0.651. The maximum absolute atomic E-state index is 13.0. The molecule has 3 aromatic rings. The van der Waals surface area contributed by atoms with E-state index in [-0.39, 0.29) is 17.8 Å². The van der Waals surface area contributed by atoms with Crippen LogP contribution in [0.25, 0.3) is 10.9 Å². The summed E-state index contributed by atoms with van der Waals surface area (Å²) in [6.07, 6.45) is 4.42. The van der Waals surface area contributed by atoms with Crippen molar-refractivity contribution in [3.63, 3.8) is 0 Å². The van der Waals surface area contributed by atoms with E-state index in [1.54, 1.807) is 23.4 Å². The van der Waals surface area contributed by atoms with Gasteiger partial charge in [0.1, 0.15) is 0 Å². The highest BCUT2D eigenvalue weighted by Gasteiger charge is 2.27. The first-order chi connectivity index (χ1) is 14.0. The summed E-state index contributed by atoms with van der Waals surface area (Å²) in [6.45, 7) is 2.38. The molecule has 29 heavy (non-hydrogen) atoms. The predicted molar refractivity (Wildman–Crippen MR) is 112 cm³/mol. The zero-order valence-corrected chi connectivity index (χ0v) is 17.0. The van der Waals surface area contributed by atoms with Crippen molar-refractivity contribution in [1.29, 1.82) is 0 Å². The molecule has 2 aliphatic heterocycles. The summed E-state index contributed by atoms with van der Waals surface area (Å²) in [5.41, 5.74) is 3.77. The van der Waals surface area contributed by atoms with Crippen LogP contribution >= 0.6 is 23.2 Å². The third-order valence-corrected chi connectivity index (χ3v) is 6.49. The molecule has 2 aromatic heterocycles. The van der Waals surface area contributed by atoms with Gasteiger partial charge < -0.3 is 19.9 Å². The summed E-state index contributed by atoms with van der Waals surface area (Å²) in [6, 6.07) is 3.71. The molecule has 7 nitrogen and oxygen atoms in total. The first kappa shape index (κ1) is 18.7. The lowest BCUT2D eigenvalue weighted by molar-refractivity contribution is 0.0722. The predicted octanol–water partition coefficient (Wildman–Crippen LogP) is 3.03. The fourth-order valence-electron chi connectivity index (χ4n) is 4.11. The van der Waals surface area contributed by atoms with Crippen molar-refractivity contribution >= 4 is 45.7 Å². The van der Waals surface area contributed by atoms with E-state index in [1.165, 1.54) is 0 Å². The summed E-state index contributed by atoms with van der Waals surface area (Å²) >= 11 is 12.5. The van der Waals surface area contributed by atoms with Crippen LogP contribution in [0.5, 0.6) is 0 Å². The third kappa shape index (κ3) is 3.23. The van der Waals surface area contributed by atoms with Gasteiger partial charge in [0.2, 0.25) is 5.82 Å². The molecule has 4 heterocycles. The van der Waals surface area contributed by atoms with Gasteiger partial charge in [0.25, 0.3) is 5.91 Å². The molecule has 0 spiro atoms. The molecule has 0 aliphatic carbocycles. The van der Waals surface area contributed by atoms with Crippen LogP contribution in [0.2, 0.25) is 10.0 Å². The zero-order chi connectivity index (χ0) is 20.1. The second kappa shape index (κ2) is 7.16. The average Bonchev–Trinajstić information content (AvgIpc) is 3.34. The van der Waals surface area contributed by atoms with Crippen LogP contribution in [0, 0.1) is 0 Å². The van der Waals surface area contributed by atoms with E-state index in [1.807, 2.05) is 11.0 Å². The number of rotatable bonds is 2. The number of carbonyl (C=O) groups excluding carboxylic acids is 1. The van der Waals surface area contributed by atoms with Crippen LogP contribution in [-0.4, -0.2) is 56.6 Å². The Hall–Kier alpha value is -2.35. The van der Waals surface area contributed by atoms with Crippen molar-refractivity contribution in [3.8, 4) is 0 Å². The van der Waals surface area contributed by atoms with Gasteiger partial charge in [0, 0.05) is 49.2 Å². The van der Waals surface area contributed by atoms with Crippen LogP contribution in [0.3, 0.4) is 0 Å². The molecule has 0 radical (unpaired) electrons. The lowest BCUT2D eigenvalue weighted by atomic mass is 10.0. The van der Waals surface area contributed by atoms with Crippen molar-refractivity contribution in [3.05, 3.63) is 51.7 Å². The van der Waals surface area contributed by atoms with Crippen molar-refractivity contribution in [2.45, 2.75) is 25.5 Å². The monoisotopic (exact) mass is 431 g/mol. The number of aromatic amines is 1. The number of fused-ring (bicyclic) bond motifs is 3. The standard InChI is InChI=1S/C20H19Cl2N5O2/c21-15-2-1-13-14-10-27(6-4-16(14)25-18(13)17(15)22)20(29)19-23-7-11(8-24-19)26-5-3-12(28)9-26/h1-2,7-8,12,25,28H,3-6,9-10H2/t12-/m1/s1. The fourth-order valence-corrected chi connectivity index (χ4v) is 4.48. The maximum Gasteiger partial charge on any atom is 0.291 e. The molecule has 0 bridgehead atoms. The van der Waals surface area contributed by atoms with Gasteiger partial charge in [-0.3, -0.25) is 4.79 Å². The van der Waals surface area contributed by atoms with E-state index in [4.69, 9.17) is 23.2 Å². The number of anilines is 1. The fraction of sp³-hybridized carbons (Fsp3) is 0.350. The molecule has 1 aromatic carbocycles. The Morgan fingerprint density at radius 1 is 1.21 bits per heavy atom. The molecule has 2 aliphatic rings. The van der Waals surface area contributed by atoms with E-state index < -0.39 is 0 Å². The van der Waals surface area contributed by atoms with Gasteiger partial charge in [-0.25, -0.2) is 9.97 Å². The molecule has 0 unspecified atom stereocenters. The van der Waals surface area contributed by atoms with Gasteiger partial charge in [-0.2, -0.15) is 0 Å². The highest BCUT2D eigenvalue weighted by molar-refractivity contribution is 6.45. The summed E-state index contributed by atoms with van der Waals surface area (Å²) in [5, 5.41) is 11.7. The first-order valence-corrected chi connectivity index (χ1v) is 10.3. The number of amides is 1. The number of carbonyl (C=O) groups is 1. The summed E-state index contributed by atoms with van der Waals surface area (Å²) in [4.78, 5) is 28.7. The topological polar surface area (TPSA) is 85.3 Å². The molecule has 0 saturated carbocycles. The number of aliphatic hydroxyl groups excluding tert-OH is 1. The van der Waals surface area contributed by atoms with Crippen molar-refractivity contribution < 1.29 is 9.90 Å². The molecule has 1 fully saturated rings. The van der Waals surface area contributed by atoms with Gasteiger partial charge in [0.15, 0.2) is 0 Å². The second-order valence-corrected chi connectivity index (χ2v) is 8.28. The highest BCUT2D eigenvalue weighted by atomic mass is 35.5. The number of benzene rings is 1. The molecule has 1 amide bonds. The molecule has 1 atom stereocenters. The van der Waals surface area contributed by atoms with Gasteiger partial charge in [0.05, 0.1) is 39.7 Å². The Kier molecular flexibility index (Phi) is 4.61. The molecule has 2 N–H and O–H groups in total. The number of halogens is 2. The van der Waals surface area contributed by atoms with E-state index in [9.17, 15) is 9.90 Å². The largest absolute Gasteiger partial charge is 0.391 e. The third-order valence-electron chi connectivity index (χ3n) is 5.69. The number of aliphatic hydroxyl groups is 1. The number of nitrogens with one attached hydrogen (secondary N) is 1. The number of aromatic nitrogens is 3. The molecule has 150 valence electrons. The Morgan fingerprint density at radius 2 is 2.00 bits per heavy atom. The zero-order valence-electron chi connectivity index (χ0n) is 15.5. The number of hydrogen-bond acceptors (Lipinski definition) is 5. The molecule has 5 rings (SSSR count). The molecular weight excluding hydrogens is 413 g/mol. The van der Waals surface area contributed by atoms with Crippen molar-refractivity contribution in [1.82, 2.24) is 19.9 Å². The number of β-amino-alcohol motifs (C(OH)–C–C–N with tert-alkyl or cyclic N) is 1. The lowest BCUT2D eigenvalue weighted by Gasteiger charge is -2.26. The van der Waals surface area contributed by atoms with Crippen LogP contribution in [-0.2, 0) is 13.0 Å². The normalized spacial score (nSPS) is 19.1. The molecule has 9 heteroatoms. The minimum absolute atomic E-state index is 0.179. The number of nitrogens with zero attached hydrogens (tertiary/aromatic N) is 4. The van der Waals surface area contributed by atoms with Crippen LogP contribution in [0.4, 0.5) is 5.69 Å². The Morgan fingerprint density at radius 3 is 2.72 bits per heavy atom. The number of hydrogen-bond donors (Lipinski definition) is 2.